The highest BCUT2D eigenvalue weighted by Crippen LogP contribution is 2.36. The highest BCUT2D eigenvalue weighted by molar-refractivity contribution is 6.74. The van der Waals surface area contributed by atoms with Crippen molar-refractivity contribution in [3.05, 3.63) is 41.8 Å². The molecule has 0 heterocycles. The van der Waals surface area contributed by atoms with Crippen molar-refractivity contribution in [1.29, 1.82) is 0 Å². The van der Waals surface area contributed by atoms with E-state index in [1.54, 1.807) is 6.21 Å². The van der Waals surface area contributed by atoms with Crippen LogP contribution in [0.1, 0.15) is 38.8 Å². The Bertz CT molecular complexity index is 686. The largest absolute Gasteiger partial charge is 0.532 e. The second kappa shape index (κ2) is 9.90. The molecule has 0 N–H and O–H groups in total. The molecular weight excluding hydrogens is 382 g/mol. The van der Waals surface area contributed by atoms with Gasteiger partial charge in [0.15, 0.2) is 14.2 Å². The fraction of sp³-hybridized carbons (Fsp3) is 0.591. The summed E-state index contributed by atoms with van der Waals surface area (Å²) in [4.78, 5) is 4.40. The molecule has 0 aliphatic carbocycles. The minimum absolute atomic E-state index is 0.199. The Labute approximate surface area is 174 Å². The molecule has 6 heteroatoms. The van der Waals surface area contributed by atoms with Gasteiger partial charge in [-0.1, -0.05) is 33.8 Å². The van der Waals surface area contributed by atoms with E-state index in [0.29, 0.717) is 19.1 Å². The summed E-state index contributed by atoms with van der Waals surface area (Å²) < 4.78 is 18.0. The molecule has 0 unspecified atom stereocenters. The standard InChI is InChI=1S/C22H39NO3Si2/c1-11-19-12-13-21(24-14-15-25-28(9,10)22(3,4)5)20(16-19)17-23-18(2)26-27(6,7)8/h12-13,16-17H,2,11,14-15H2,1,3-10H3/b23-17+. The first kappa shape index (κ1) is 24.7. The molecular formula is C22H39NO3Si2. The summed E-state index contributed by atoms with van der Waals surface area (Å²) in [6, 6.07) is 6.21. The Morgan fingerprint density at radius 3 is 2.29 bits per heavy atom. The molecule has 4 nitrogen and oxygen atoms in total. The topological polar surface area (TPSA) is 40.0 Å². The molecule has 0 amide bonds. The minimum Gasteiger partial charge on any atom is -0.532 e. The van der Waals surface area contributed by atoms with Gasteiger partial charge in [-0.25, -0.2) is 4.99 Å². The maximum Gasteiger partial charge on any atom is 0.244 e. The van der Waals surface area contributed by atoms with Gasteiger partial charge in [0.2, 0.25) is 8.32 Å². The summed E-state index contributed by atoms with van der Waals surface area (Å²) >= 11 is 0. The number of hydrogen-bond donors (Lipinski definition) is 0. The first-order chi connectivity index (χ1) is 12.7. The molecule has 0 atom stereocenters. The van der Waals surface area contributed by atoms with E-state index in [-0.39, 0.29) is 5.04 Å². The van der Waals surface area contributed by atoms with Gasteiger partial charge in [-0.3, -0.25) is 0 Å². The van der Waals surface area contributed by atoms with Crippen molar-refractivity contribution < 1.29 is 13.6 Å². The normalized spacial score (nSPS) is 13.0. The van der Waals surface area contributed by atoms with Crippen LogP contribution in [0.25, 0.3) is 0 Å². The summed E-state index contributed by atoms with van der Waals surface area (Å²) in [6.45, 7) is 24.7. The Balaban J connectivity index is 2.80. The van der Waals surface area contributed by atoms with Gasteiger partial charge in [0.05, 0.1) is 6.61 Å². The van der Waals surface area contributed by atoms with E-state index in [2.05, 4.69) is 84.1 Å². The molecule has 158 valence electrons. The number of aryl methyl sites for hydroxylation is 1. The molecule has 0 aliphatic heterocycles. The van der Waals surface area contributed by atoms with Gasteiger partial charge in [0, 0.05) is 11.8 Å². The SMILES string of the molecule is C=C(/N=C/c1cc(CC)ccc1OCCO[Si](C)(C)C(C)(C)C)O[Si](C)(C)C. The molecule has 1 rings (SSSR count). The van der Waals surface area contributed by atoms with Crippen molar-refractivity contribution in [1.82, 2.24) is 0 Å². The fourth-order valence-electron chi connectivity index (χ4n) is 2.24. The molecule has 0 aromatic heterocycles. The lowest BCUT2D eigenvalue weighted by Crippen LogP contribution is -2.41. The quantitative estimate of drug-likeness (QED) is 0.190. The van der Waals surface area contributed by atoms with Crippen LogP contribution in [0.3, 0.4) is 0 Å². The Morgan fingerprint density at radius 1 is 1.11 bits per heavy atom. The van der Waals surface area contributed by atoms with E-state index in [9.17, 15) is 0 Å². The van der Waals surface area contributed by atoms with Crippen LogP contribution in [0.5, 0.6) is 5.75 Å². The molecule has 0 aliphatic rings. The molecule has 0 spiro atoms. The summed E-state index contributed by atoms with van der Waals surface area (Å²) in [6.07, 6.45) is 2.74. The van der Waals surface area contributed by atoms with Gasteiger partial charge >= 0.3 is 0 Å². The predicted molar refractivity (Wildman–Crippen MR) is 126 cm³/mol. The maximum absolute atomic E-state index is 6.20. The summed E-state index contributed by atoms with van der Waals surface area (Å²) in [5.74, 6) is 1.26. The van der Waals surface area contributed by atoms with Crippen LogP contribution in [0, 0.1) is 0 Å². The lowest BCUT2D eigenvalue weighted by atomic mass is 10.1. The van der Waals surface area contributed by atoms with Crippen molar-refractivity contribution >= 4 is 22.8 Å². The summed E-state index contributed by atoms with van der Waals surface area (Å²) in [7, 11) is -3.46. The molecule has 1 aromatic carbocycles. The zero-order valence-electron chi connectivity index (χ0n) is 19.3. The molecule has 1 aromatic rings. The number of aliphatic imine (C=N–C) groups is 1. The van der Waals surface area contributed by atoms with Crippen LogP contribution >= 0.6 is 0 Å². The molecule has 0 radical (unpaired) electrons. The van der Waals surface area contributed by atoms with Crippen molar-refractivity contribution in [3.63, 3.8) is 0 Å². The van der Waals surface area contributed by atoms with Gasteiger partial charge < -0.3 is 13.6 Å². The maximum atomic E-state index is 6.20. The van der Waals surface area contributed by atoms with Gasteiger partial charge in [-0.2, -0.15) is 0 Å². The number of benzene rings is 1. The second-order valence-electron chi connectivity index (χ2n) is 9.55. The smallest absolute Gasteiger partial charge is 0.244 e. The summed E-state index contributed by atoms with van der Waals surface area (Å²) in [5.41, 5.74) is 2.18. The molecule has 0 fully saturated rings. The minimum atomic E-state index is -1.76. The lowest BCUT2D eigenvalue weighted by Gasteiger charge is -2.36. The van der Waals surface area contributed by atoms with Crippen molar-refractivity contribution in [2.24, 2.45) is 4.99 Å². The van der Waals surface area contributed by atoms with Crippen molar-refractivity contribution in [2.45, 2.75) is 71.9 Å². The lowest BCUT2D eigenvalue weighted by molar-refractivity contribution is 0.203. The first-order valence-electron chi connectivity index (χ1n) is 10.1. The van der Waals surface area contributed by atoms with Crippen LogP contribution in [0.4, 0.5) is 0 Å². The van der Waals surface area contributed by atoms with Crippen LogP contribution in [0.15, 0.2) is 35.7 Å². The molecule has 0 saturated heterocycles. The third-order valence-corrected chi connectivity index (χ3v) is 10.3. The molecule has 0 saturated carbocycles. The highest BCUT2D eigenvalue weighted by atomic mass is 28.4. The molecule has 0 bridgehead atoms. The van der Waals surface area contributed by atoms with Crippen LogP contribution in [-0.4, -0.2) is 36.1 Å². The van der Waals surface area contributed by atoms with Gasteiger partial charge in [0.1, 0.15) is 12.4 Å². The Kier molecular flexibility index (Phi) is 8.72. The van der Waals surface area contributed by atoms with E-state index in [0.717, 1.165) is 17.7 Å². The number of nitrogens with zero attached hydrogens (tertiary/aromatic N) is 1. The predicted octanol–water partition coefficient (Wildman–Crippen LogP) is 6.39. The fourth-order valence-corrected chi connectivity index (χ4v) is 4.02. The van der Waals surface area contributed by atoms with Crippen molar-refractivity contribution in [3.8, 4) is 5.75 Å². The average Bonchev–Trinajstić information content (AvgIpc) is 2.54. The average molecular weight is 422 g/mol. The first-order valence-corrected chi connectivity index (χ1v) is 16.4. The summed E-state index contributed by atoms with van der Waals surface area (Å²) in [5, 5.41) is 0.199. The third kappa shape index (κ3) is 8.33. The molecule has 28 heavy (non-hydrogen) atoms. The van der Waals surface area contributed by atoms with Crippen molar-refractivity contribution in [2.75, 3.05) is 13.2 Å². The van der Waals surface area contributed by atoms with Gasteiger partial charge in [0.25, 0.3) is 0 Å². The third-order valence-electron chi connectivity index (χ3n) is 4.86. The highest BCUT2D eigenvalue weighted by Gasteiger charge is 2.36. The number of ether oxygens (including phenoxy) is 1. The Morgan fingerprint density at radius 2 is 1.75 bits per heavy atom. The van der Waals surface area contributed by atoms with E-state index < -0.39 is 16.6 Å². The van der Waals surface area contributed by atoms with E-state index in [1.165, 1.54) is 5.56 Å². The van der Waals surface area contributed by atoms with Crippen LogP contribution in [0.2, 0.25) is 37.8 Å². The number of hydrogen-bond acceptors (Lipinski definition) is 4. The van der Waals surface area contributed by atoms with Gasteiger partial charge in [-0.15, -0.1) is 0 Å². The van der Waals surface area contributed by atoms with Gasteiger partial charge in [-0.05, 0) is 68.5 Å². The zero-order valence-corrected chi connectivity index (χ0v) is 21.3. The number of rotatable bonds is 10. The Hall–Kier alpha value is -1.38. The van der Waals surface area contributed by atoms with Crippen LogP contribution in [-0.2, 0) is 15.3 Å². The second-order valence-corrected chi connectivity index (χ2v) is 18.8. The monoisotopic (exact) mass is 421 g/mol. The van der Waals surface area contributed by atoms with E-state index in [1.807, 2.05) is 6.07 Å². The zero-order chi connectivity index (χ0) is 21.6. The van der Waals surface area contributed by atoms with E-state index in [4.69, 9.17) is 13.6 Å². The van der Waals surface area contributed by atoms with E-state index >= 15 is 0 Å². The van der Waals surface area contributed by atoms with Crippen LogP contribution < -0.4 is 4.74 Å².